The van der Waals surface area contributed by atoms with E-state index in [2.05, 4.69) is 23.8 Å². The smallest absolute Gasteiger partial charge is 0.279 e. The molecular weight excluding hydrogens is 431 g/mol. The number of nitrogens with zero attached hydrogens (tertiary/aromatic N) is 1. The van der Waals surface area contributed by atoms with Crippen molar-refractivity contribution in [3.05, 3.63) is 69.7 Å². The van der Waals surface area contributed by atoms with Gasteiger partial charge in [-0.25, -0.2) is 0 Å². The zero-order valence-corrected chi connectivity index (χ0v) is 18.4. The van der Waals surface area contributed by atoms with E-state index in [1.165, 1.54) is 9.87 Å². The molecule has 1 aliphatic carbocycles. The molecule has 2 aromatic carbocycles. The second-order valence-electron chi connectivity index (χ2n) is 7.76. The van der Waals surface area contributed by atoms with Crippen LogP contribution < -0.4 is 4.72 Å². The van der Waals surface area contributed by atoms with Crippen LogP contribution in [0.3, 0.4) is 0 Å². The van der Waals surface area contributed by atoms with Gasteiger partial charge in [-0.2, -0.15) is 17.4 Å². The van der Waals surface area contributed by atoms with E-state index >= 15 is 0 Å². The van der Waals surface area contributed by atoms with Crippen LogP contribution in [0.15, 0.2) is 48.5 Å². The molecule has 2 aromatic rings. The molecule has 0 aromatic heterocycles. The molecule has 0 amide bonds. The molecule has 8 heteroatoms. The van der Waals surface area contributed by atoms with E-state index in [1.807, 2.05) is 24.3 Å². The lowest BCUT2D eigenvalue weighted by atomic mass is 10.1. The topological polar surface area (TPSA) is 58.6 Å². The van der Waals surface area contributed by atoms with Gasteiger partial charge in [-0.1, -0.05) is 66.5 Å². The lowest BCUT2D eigenvalue weighted by Gasteiger charge is -2.18. The van der Waals surface area contributed by atoms with Gasteiger partial charge >= 0.3 is 0 Å². The van der Waals surface area contributed by atoms with E-state index in [1.54, 1.807) is 12.1 Å². The van der Waals surface area contributed by atoms with Crippen LogP contribution in [-0.2, 0) is 21.6 Å². The van der Waals surface area contributed by atoms with Gasteiger partial charge in [0.05, 0.1) is 12.7 Å². The van der Waals surface area contributed by atoms with Crippen LogP contribution in [0.4, 0.5) is 0 Å². The largest absolute Gasteiger partial charge is 0.372 e. The van der Waals surface area contributed by atoms with Crippen LogP contribution >= 0.6 is 23.2 Å². The highest BCUT2D eigenvalue weighted by Crippen LogP contribution is 2.47. The predicted octanol–water partition coefficient (Wildman–Crippen LogP) is 4.22. The van der Waals surface area contributed by atoms with Crippen molar-refractivity contribution < 1.29 is 13.2 Å². The SMILES string of the molecule is C[C@H]1[C@H](NS(=O)(=O)N2CCC(OCc3ccc(Cl)cc3Cl)C2)[C@H]1c1ccccc1. The fraction of sp³-hybridized carbons (Fsp3) is 0.429. The monoisotopic (exact) mass is 454 g/mol. The molecule has 1 unspecified atom stereocenters. The summed E-state index contributed by atoms with van der Waals surface area (Å²) in [4.78, 5) is 0. The molecule has 2 aliphatic rings. The fourth-order valence-corrected chi connectivity index (χ4v) is 6.00. The third kappa shape index (κ3) is 4.79. The Kier molecular flexibility index (Phi) is 6.21. The zero-order valence-electron chi connectivity index (χ0n) is 16.1. The Morgan fingerprint density at radius 3 is 2.66 bits per heavy atom. The van der Waals surface area contributed by atoms with Gasteiger partial charge in [0.2, 0.25) is 0 Å². The van der Waals surface area contributed by atoms with Crippen molar-refractivity contribution in [2.24, 2.45) is 5.92 Å². The van der Waals surface area contributed by atoms with Crippen molar-refractivity contribution in [3.63, 3.8) is 0 Å². The normalized spacial score (nSPS) is 27.3. The average Bonchev–Trinajstić information content (AvgIpc) is 3.09. The summed E-state index contributed by atoms with van der Waals surface area (Å²) >= 11 is 12.1. The van der Waals surface area contributed by atoms with E-state index in [-0.39, 0.29) is 24.0 Å². The lowest BCUT2D eigenvalue weighted by Crippen LogP contribution is -2.41. The number of hydrogen-bond donors (Lipinski definition) is 1. The van der Waals surface area contributed by atoms with Crippen LogP contribution in [0.25, 0.3) is 0 Å². The molecule has 4 rings (SSSR count). The number of nitrogens with one attached hydrogen (secondary N) is 1. The Hall–Kier alpha value is -1.15. The van der Waals surface area contributed by atoms with Gasteiger partial charge in [0, 0.05) is 35.1 Å². The van der Waals surface area contributed by atoms with E-state index < -0.39 is 10.2 Å². The summed E-state index contributed by atoms with van der Waals surface area (Å²) in [6.07, 6.45) is 0.508. The van der Waals surface area contributed by atoms with Crippen LogP contribution in [-0.4, -0.2) is 38.0 Å². The van der Waals surface area contributed by atoms with Crippen LogP contribution in [0.1, 0.15) is 30.4 Å². The van der Waals surface area contributed by atoms with Gasteiger partial charge < -0.3 is 4.74 Å². The molecule has 1 aliphatic heterocycles. The van der Waals surface area contributed by atoms with E-state index in [0.717, 1.165) is 5.56 Å². The summed E-state index contributed by atoms with van der Waals surface area (Å²) in [7, 11) is -3.54. The Labute approximate surface area is 182 Å². The Morgan fingerprint density at radius 1 is 1.17 bits per heavy atom. The van der Waals surface area contributed by atoms with Crippen molar-refractivity contribution in [2.75, 3.05) is 13.1 Å². The van der Waals surface area contributed by atoms with Crippen LogP contribution in [0.5, 0.6) is 0 Å². The molecule has 0 spiro atoms. The highest BCUT2D eigenvalue weighted by atomic mass is 35.5. The summed E-state index contributed by atoms with van der Waals surface area (Å²) in [5, 5.41) is 1.13. The summed E-state index contributed by atoms with van der Waals surface area (Å²) in [5.41, 5.74) is 2.02. The minimum absolute atomic E-state index is 0.0600. The summed E-state index contributed by atoms with van der Waals surface area (Å²) in [6, 6.07) is 15.3. The Bertz CT molecular complexity index is 971. The molecular formula is C21H24Cl2N2O3S. The lowest BCUT2D eigenvalue weighted by molar-refractivity contribution is 0.0509. The molecule has 1 saturated carbocycles. The first-order valence-electron chi connectivity index (χ1n) is 9.73. The highest BCUT2D eigenvalue weighted by Gasteiger charge is 2.50. The average molecular weight is 455 g/mol. The number of hydrogen-bond acceptors (Lipinski definition) is 3. The molecule has 2 fully saturated rings. The minimum Gasteiger partial charge on any atom is -0.372 e. The number of rotatable bonds is 7. The van der Waals surface area contributed by atoms with Gasteiger partial charge in [-0.3, -0.25) is 0 Å². The first-order chi connectivity index (χ1) is 13.8. The van der Waals surface area contributed by atoms with Gasteiger partial charge in [-0.15, -0.1) is 0 Å². The molecule has 0 radical (unpaired) electrons. The molecule has 29 heavy (non-hydrogen) atoms. The second-order valence-corrected chi connectivity index (χ2v) is 10.3. The minimum atomic E-state index is -3.54. The molecule has 1 N–H and O–H groups in total. The molecule has 4 atom stereocenters. The van der Waals surface area contributed by atoms with Crippen molar-refractivity contribution in [1.82, 2.24) is 9.03 Å². The number of ether oxygens (including phenoxy) is 1. The number of halogens is 2. The molecule has 0 bridgehead atoms. The maximum atomic E-state index is 12.8. The summed E-state index contributed by atoms with van der Waals surface area (Å²) in [6.45, 7) is 3.21. The van der Waals surface area contributed by atoms with Crippen molar-refractivity contribution >= 4 is 33.4 Å². The van der Waals surface area contributed by atoms with Gasteiger partial charge in [0.1, 0.15) is 0 Å². The van der Waals surface area contributed by atoms with Crippen molar-refractivity contribution in [3.8, 4) is 0 Å². The standard InChI is InChI=1S/C21H24Cl2N2O3S/c1-14-20(15-5-3-2-4-6-15)21(14)24-29(26,27)25-10-9-18(12-25)28-13-16-7-8-17(22)11-19(16)23/h2-8,11,14,18,20-21,24H,9-10,12-13H2,1H3/t14-,18?,20-,21+/m1/s1. The van der Waals surface area contributed by atoms with Crippen LogP contribution in [0, 0.1) is 5.92 Å². The third-order valence-electron chi connectivity index (χ3n) is 5.79. The van der Waals surface area contributed by atoms with Crippen molar-refractivity contribution in [1.29, 1.82) is 0 Å². The van der Waals surface area contributed by atoms with E-state index in [9.17, 15) is 8.42 Å². The molecule has 1 saturated heterocycles. The highest BCUT2D eigenvalue weighted by molar-refractivity contribution is 7.87. The van der Waals surface area contributed by atoms with Gasteiger partial charge in [-0.05, 0) is 35.6 Å². The van der Waals surface area contributed by atoms with E-state index in [0.29, 0.717) is 36.2 Å². The Morgan fingerprint density at radius 2 is 1.93 bits per heavy atom. The fourth-order valence-electron chi connectivity index (χ4n) is 3.97. The van der Waals surface area contributed by atoms with Gasteiger partial charge in [0.25, 0.3) is 10.2 Å². The first kappa shape index (κ1) is 21.1. The maximum absolute atomic E-state index is 12.8. The number of benzene rings is 2. The molecule has 156 valence electrons. The molecule has 5 nitrogen and oxygen atoms in total. The summed E-state index contributed by atoms with van der Waals surface area (Å²) < 4.78 is 36.0. The van der Waals surface area contributed by atoms with E-state index in [4.69, 9.17) is 27.9 Å². The third-order valence-corrected chi connectivity index (χ3v) is 7.95. The second kappa shape index (κ2) is 8.53. The van der Waals surface area contributed by atoms with Gasteiger partial charge in [0.15, 0.2) is 0 Å². The summed E-state index contributed by atoms with van der Waals surface area (Å²) in [5.74, 6) is 0.515. The predicted molar refractivity (Wildman–Crippen MR) is 115 cm³/mol. The zero-order chi connectivity index (χ0) is 20.6. The van der Waals surface area contributed by atoms with Crippen molar-refractivity contribution in [2.45, 2.75) is 38.0 Å². The van der Waals surface area contributed by atoms with Crippen LogP contribution in [0.2, 0.25) is 10.0 Å². The first-order valence-corrected chi connectivity index (χ1v) is 11.9. The Balaban J connectivity index is 1.31. The quantitative estimate of drug-likeness (QED) is 0.680. The maximum Gasteiger partial charge on any atom is 0.279 e. The molecule has 1 heterocycles.